The van der Waals surface area contributed by atoms with Gasteiger partial charge in [-0.15, -0.1) is 0 Å². The molecule has 2 atom stereocenters. The molecule has 1 saturated heterocycles. The summed E-state index contributed by atoms with van der Waals surface area (Å²) in [7, 11) is -3.59. The maximum Gasteiger partial charge on any atom is 0.241 e. The molecule has 0 saturated carbocycles. The number of rotatable bonds is 5. The minimum absolute atomic E-state index is 0.244. The fourth-order valence-corrected chi connectivity index (χ4v) is 5.19. The number of nitrogens with zero attached hydrogens (tertiary/aromatic N) is 1. The fraction of sp³-hybridized carbons (Fsp3) is 0.444. The van der Waals surface area contributed by atoms with E-state index >= 15 is 0 Å². The van der Waals surface area contributed by atoms with Crippen LogP contribution in [0.25, 0.3) is 10.8 Å². The number of sulfonamides is 1. The van der Waals surface area contributed by atoms with Gasteiger partial charge in [0.15, 0.2) is 0 Å². The van der Waals surface area contributed by atoms with Gasteiger partial charge in [0.25, 0.3) is 0 Å². The molecule has 0 bridgehead atoms. The molecule has 0 radical (unpaired) electrons. The van der Waals surface area contributed by atoms with Gasteiger partial charge in [0, 0.05) is 36.1 Å². The average molecular weight is 367 g/mol. The Balaban J connectivity index is 1.77. The Morgan fingerprint density at radius 3 is 2.58 bits per heavy atom. The molecule has 24 heavy (non-hydrogen) atoms. The van der Waals surface area contributed by atoms with Gasteiger partial charge in [-0.1, -0.05) is 42.8 Å². The van der Waals surface area contributed by atoms with Crippen LogP contribution in [0.5, 0.6) is 0 Å². The minimum Gasteiger partial charge on any atom is -0.299 e. The summed E-state index contributed by atoms with van der Waals surface area (Å²) in [5.74, 6) is 0.675. The van der Waals surface area contributed by atoms with Crippen LogP contribution in [0.4, 0.5) is 0 Å². The number of likely N-dealkylation sites (tertiary alicyclic amines) is 1. The number of hydrogen-bond acceptors (Lipinski definition) is 3. The maximum atomic E-state index is 12.7. The SMILES string of the molecule is CC1CC(C)N(CCNS(=O)(=O)c2cccc3cccc(Cl)c23)C1. The van der Waals surface area contributed by atoms with Gasteiger partial charge in [0.2, 0.25) is 10.0 Å². The van der Waals surface area contributed by atoms with Crippen molar-refractivity contribution in [3.63, 3.8) is 0 Å². The lowest BCUT2D eigenvalue weighted by Gasteiger charge is -2.21. The summed E-state index contributed by atoms with van der Waals surface area (Å²) < 4.78 is 28.2. The highest BCUT2D eigenvalue weighted by molar-refractivity contribution is 7.89. The molecule has 2 unspecified atom stereocenters. The van der Waals surface area contributed by atoms with Crippen LogP contribution in [0.2, 0.25) is 5.02 Å². The van der Waals surface area contributed by atoms with E-state index in [1.165, 1.54) is 6.42 Å². The molecule has 2 aromatic carbocycles. The van der Waals surface area contributed by atoms with Crippen LogP contribution < -0.4 is 4.72 Å². The van der Waals surface area contributed by atoms with Gasteiger partial charge in [-0.25, -0.2) is 13.1 Å². The third kappa shape index (κ3) is 3.59. The van der Waals surface area contributed by atoms with Crippen molar-refractivity contribution < 1.29 is 8.42 Å². The Labute approximate surface area is 148 Å². The molecule has 130 valence electrons. The van der Waals surface area contributed by atoms with E-state index in [4.69, 9.17) is 11.6 Å². The van der Waals surface area contributed by atoms with Crippen LogP contribution in [0.1, 0.15) is 20.3 Å². The van der Waals surface area contributed by atoms with Gasteiger partial charge in [0.05, 0.1) is 4.90 Å². The monoisotopic (exact) mass is 366 g/mol. The summed E-state index contributed by atoms with van der Waals surface area (Å²) >= 11 is 6.24. The molecule has 0 amide bonds. The van der Waals surface area contributed by atoms with Crippen molar-refractivity contribution >= 4 is 32.4 Å². The third-order valence-electron chi connectivity index (χ3n) is 4.71. The van der Waals surface area contributed by atoms with Crippen LogP contribution >= 0.6 is 11.6 Å². The molecule has 0 aliphatic carbocycles. The van der Waals surface area contributed by atoms with E-state index in [0.717, 1.165) is 18.5 Å². The van der Waals surface area contributed by atoms with Crippen molar-refractivity contribution in [3.8, 4) is 0 Å². The number of hydrogen-bond donors (Lipinski definition) is 1. The predicted octanol–water partition coefficient (Wildman–Crippen LogP) is 3.50. The van der Waals surface area contributed by atoms with Gasteiger partial charge >= 0.3 is 0 Å². The molecule has 0 aromatic heterocycles. The zero-order valence-corrected chi connectivity index (χ0v) is 15.6. The Morgan fingerprint density at radius 1 is 1.21 bits per heavy atom. The highest BCUT2D eigenvalue weighted by atomic mass is 35.5. The second-order valence-electron chi connectivity index (χ2n) is 6.68. The van der Waals surface area contributed by atoms with Crippen LogP contribution in [0.15, 0.2) is 41.3 Å². The zero-order valence-electron chi connectivity index (χ0n) is 14.0. The molecule has 0 spiro atoms. The summed E-state index contributed by atoms with van der Waals surface area (Å²) in [5, 5.41) is 1.86. The zero-order chi connectivity index (χ0) is 17.3. The molecular formula is C18H23ClN2O2S. The normalized spacial score (nSPS) is 22.3. The van der Waals surface area contributed by atoms with Crippen LogP contribution in [-0.2, 0) is 10.0 Å². The first-order chi connectivity index (χ1) is 11.4. The minimum atomic E-state index is -3.59. The molecular weight excluding hydrogens is 344 g/mol. The molecule has 2 aromatic rings. The quantitative estimate of drug-likeness (QED) is 0.881. The van der Waals surface area contributed by atoms with E-state index in [-0.39, 0.29) is 4.90 Å². The molecule has 1 heterocycles. The van der Waals surface area contributed by atoms with Gasteiger partial charge in [-0.05, 0) is 36.8 Å². The Hall–Kier alpha value is -1.14. The lowest BCUT2D eigenvalue weighted by Crippen LogP contribution is -2.36. The molecule has 1 aliphatic rings. The average Bonchev–Trinajstić information content (AvgIpc) is 2.85. The summed E-state index contributed by atoms with van der Waals surface area (Å²) in [5.41, 5.74) is 0. The van der Waals surface area contributed by atoms with E-state index in [0.29, 0.717) is 28.9 Å². The first kappa shape index (κ1) is 17.7. The number of halogens is 1. The van der Waals surface area contributed by atoms with Gasteiger partial charge in [-0.2, -0.15) is 0 Å². The van der Waals surface area contributed by atoms with E-state index in [2.05, 4.69) is 23.5 Å². The van der Waals surface area contributed by atoms with E-state index < -0.39 is 10.0 Å². The Bertz CT molecular complexity index is 833. The van der Waals surface area contributed by atoms with Gasteiger partial charge in [-0.3, -0.25) is 4.90 Å². The first-order valence-electron chi connectivity index (χ1n) is 8.29. The summed E-state index contributed by atoms with van der Waals surface area (Å²) in [6, 6.07) is 11.1. The topological polar surface area (TPSA) is 49.4 Å². The summed E-state index contributed by atoms with van der Waals surface area (Å²) in [6.07, 6.45) is 1.17. The van der Waals surface area contributed by atoms with Crippen molar-refractivity contribution in [1.82, 2.24) is 9.62 Å². The maximum absolute atomic E-state index is 12.7. The molecule has 1 fully saturated rings. The van der Waals surface area contributed by atoms with Crippen molar-refractivity contribution in [2.45, 2.75) is 31.2 Å². The second-order valence-corrected chi connectivity index (χ2v) is 8.82. The second kappa shape index (κ2) is 7.00. The van der Waals surface area contributed by atoms with Gasteiger partial charge < -0.3 is 0 Å². The van der Waals surface area contributed by atoms with Crippen molar-refractivity contribution in [2.75, 3.05) is 19.6 Å². The highest BCUT2D eigenvalue weighted by Crippen LogP contribution is 2.29. The largest absolute Gasteiger partial charge is 0.299 e. The summed E-state index contributed by atoms with van der Waals surface area (Å²) in [4.78, 5) is 2.58. The number of benzene rings is 2. The highest BCUT2D eigenvalue weighted by Gasteiger charge is 2.26. The Morgan fingerprint density at radius 2 is 1.92 bits per heavy atom. The van der Waals surface area contributed by atoms with E-state index in [1.54, 1.807) is 18.2 Å². The van der Waals surface area contributed by atoms with Crippen LogP contribution in [-0.4, -0.2) is 39.0 Å². The van der Waals surface area contributed by atoms with Crippen molar-refractivity contribution in [1.29, 1.82) is 0 Å². The van der Waals surface area contributed by atoms with Gasteiger partial charge in [0.1, 0.15) is 0 Å². The van der Waals surface area contributed by atoms with E-state index in [1.807, 2.05) is 18.2 Å². The van der Waals surface area contributed by atoms with Crippen LogP contribution in [0, 0.1) is 5.92 Å². The molecule has 1 aliphatic heterocycles. The molecule has 6 heteroatoms. The van der Waals surface area contributed by atoms with Crippen LogP contribution in [0.3, 0.4) is 0 Å². The molecule has 4 nitrogen and oxygen atoms in total. The number of fused-ring (bicyclic) bond motifs is 1. The lowest BCUT2D eigenvalue weighted by atomic mass is 10.1. The predicted molar refractivity (Wildman–Crippen MR) is 99.0 cm³/mol. The fourth-order valence-electron chi connectivity index (χ4n) is 3.59. The molecule has 1 N–H and O–H groups in total. The first-order valence-corrected chi connectivity index (χ1v) is 10.2. The molecule has 3 rings (SSSR count). The lowest BCUT2D eigenvalue weighted by molar-refractivity contribution is 0.270. The smallest absolute Gasteiger partial charge is 0.241 e. The summed E-state index contributed by atoms with van der Waals surface area (Å²) in [6.45, 7) is 6.59. The number of nitrogens with one attached hydrogen (secondary N) is 1. The van der Waals surface area contributed by atoms with Crippen molar-refractivity contribution in [3.05, 3.63) is 41.4 Å². The third-order valence-corrected chi connectivity index (χ3v) is 6.53. The Kier molecular flexibility index (Phi) is 5.16. The van der Waals surface area contributed by atoms with E-state index in [9.17, 15) is 8.42 Å². The standard InChI is InChI=1S/C18H23ClN2O2S/c1-13-11-14(2)21(12-13)10-9-20-24(22,23)17-8-4-6-15-5-3-7-16(19)18(15)17/h3-8,13-14,20H,9-12H2,1-2H3. The van der Waals surface area contributed by atoms with Crippen molar-refractivity contribution in [2.24, 2.45) is 5.92 Å².